The maximum atomic E-state index is 12.8. The number of benzene rings is 2. The van der Waals surface area contributed by atoms with Crippen molar-refractivity contribution in [1.29, 1.82) is 0 Å². The first-order valence-electron chi connectivity index (χ1n) is 10.0. The normalized spacial score (nSPS) is 17.7. The van der Waals surface area contributed by atoms with Crippen molar-refractivity contribution in [3.8, 4) is 0 Å². The van der Waals surface area contributed by atoms with Gasteiger partial charge in [0.15, 0.2) is 0 Å². The fraction of sp³-hybridized carbons (Fsp3) is 0.364. The van der Waals surface area contributed by atoms with Gasteiger partial charge in [-0.2, -0.15) is 0 Å². The number of amides is 4. The minimum atomic E-state index is -0.107. The van der Waals surface area contributed by atoms with Gasteiger partial charge in [-0.1, -0.05) is 41.9 Å². The average Bonchev–Trinajstić information content (AvgIpc) is 3.11. The Morgan fingerprint density at radius 2 is 1.66 bits per heavy atom. The number of carbonyl (C=O) groups is 2. The highest BCUT2D eigenvalue weighted by Crippen LogP contribution is 2.23. The molecule has 4 rings (SSSR count). The first kappa shape index (κ1) is 19.6. The van der Waals surface area contributed by atoms with E-state index in [1.165, 1.54) is 0 Å². The molecule has 0 spiro atoms. The molecule has 0 aliphatic carbocycles. The van der Waals surface area contributed by atoms with Crippen LogP contribution in [0.5, 0.6) is 0 Å². The van der Waals surface area contributed by atoms with Crippen molar-refractivity contribution in [3.63, 3.8) is 0 Å². The highest BCUT2D eigenvalue weighted by molar-refractivity contribution is 6.30. The van der Waals surface area contributed by atoms with Crippen molar-refractivity contribution in [1.82, 2.24) is 14.7 Å². The molecule has 2 aliphatic rings. The number of hydrogen-bond donors (Lipinski definition) is 1. The van der Waals surface area contributed by atoms with Gasteiger partial charge in [-0.05, 0) is 42.7 Å². The number of nitrogens with one attached hydrogen (secondary N) is 1. The molecule has 29 heavy (non-hydrogen) atoms. The lowest BCUT2D eigenvalue weighted by atomic mass is 10.0. The van der Waals surface area contributed by atoms with E-state index < -0.39 is 0 Å². The predicted molar refractivity (Wildman–Crippen MR) is 114 cm³/mol. The molecule has 2 aromatic carbocycles. The second-order valence-electron chi connectivity index (χ2n) is 7.54. The van der Waals surface area contributed by atoms with E-state index in [2.05, 4.69) is 5.32 Å². The number of hydrogen-bond acceptors (Lipinski definition) is 2. The van der Waals surface area contributed by atoms with E-state index in [9.17, 15) is 9.59 Å². The van der Waals surface area contributed by atoms with Crippen LogP contribution in [0.1, 0.15) is 18.4 Å². The zero-order valence-corrected chi connectivity index (χ0v) is 17.0. The van der Waals surface area contributed by atoms with E-state index in [4.69, 9.17) is 11.6 Å². The first-order chi connectivity index (χ1) is 14.1. The highest BCUT2D eigenvalue weighted by atomic mass is 35.5. The smallest absolute Gasteiger partial charge is 0.321 e. The number of nitrogens with zero attached hydrogens (tertiary/aromatic N) is 3. The lowest BCUT2D eigenvalue weighted by Crippen LogP contribution is -2.49. The van der Waals surface area contributed by atoms with Gasteiger partial charge in [0.1, 0.15) is 0 Å². The standard InChI is InChI=1S/C22H25ClN4O2/c23-18-6-8-19(9-7-18)24-21(28)25-12-10-20(11-13-25)27-15-14-26(22(27)29)16-17-4-2-1-3-5-17/h1-9,20H,10-16H2,(H,24,28). The van der Waals surface area contributed by atoms with Crippen molar-refractivity contribution in [3.05, 3.63) is 65.2 Å². The Morgan fingerprint density at radius 1 is 0.966 bits per heavy atom. The maximum absolute atomic E-state index is 12.8. The third kappa shape index (κ3) is 4.65. The van der Waals surface area contributed by atoms with Crippen molar-refractivity contribution in [2.45, 2.75) is 25.4 Å². The Kier molecular flexibility index (Phi) is 5.90. The number of rotatable bonds is 4. The van der Waals surface area contributed by atoms with Gasteiger partial charge >= 0.3 is 12.1 Å². The summed E-state index contributed by atoms with van der Waals surface area (Å²) in [5.74, 6) is 0. The fourth-order valence-electron chi connectivity index (χ4n) is 4.01. The summed E-state index contributed by atoms with van der Waals surface area (Å²) in [6, 6.07) is 17.4. The lowest BCUT2D eigenvalue weighted by Gasteiger charge is -2.36. The van der Waals surface area contributed by atoms with Gasteiger partial charge in [-0.15, -0.1) is 0 Å². The van der Waals surface area contributed by atoms with E-state index in [-0.39, 0.29) is 18.1 Å². The summed E-state index contributed by atoms with van der Waals surface area (Å²) in [5.41, 5.74) is 1.88. The third-order valence-corrected chi connectivity index (χ3v) is 5.88. The molecule has 7 heteroatoms. The summed E-state index contributed by atoms with van der Waals surface area (Å²) in [6.07, 6.45) is 1.61. The topological polar surface area (TPSA) is 55.9 Å². The largest absolute Gasteiger partial charge is 0.324 e. The number of anilines is 1. The molecule has 2 heterocycles. The molecule has 0 aromatic heterocycles. The van der Waals surface area contributed by atoms with Gasteiger partial charge in [-0.25, -0.2) is 9.59 Å². The van der Waals surface area contributed by atoms with Crippen molar-refractivity contribution in [2.24, 2.45) is 0 Å². The molecular weight excluding hydrogens is 388 g/mol. The van der Waals surface area contributed by atoms with Crippen LogP contribution in [-0.2, 0) is 6.54 Å². The van der Waals surface area contributed by atoms with Crippen LogP contribution in [0.4, 0.5) is 15.3 Å². The summed E-state index contributed by atoms with van der Waals surface area (Å²) >= 11 is 5.88. The van der Waals surface area contributed by atoms with Crippen molar-refractivity contribution < 1.29 is 9.59 Å². The Balaban J connectivity index is 1.27. The molecular formula is C22H25ClN4O2. The van der Waals surface area contributed by atoms with Crippen LogP contribution < -0.4 is 5.32 Å². The molecule has 2 aliphatic heterocycles. The number of urea groups is 2. The molecule has 6 nitrogen and oxygen atoms in total. The minimum absolute atomic E-state index is 0.107. The molecule has 2 fully saturated rings. The van der Waals surface area contributed by atoms with E-state index in [1.54, 1.807) is 24.3 Å². The monoisotopic (exact) mass is 412 g/mol. The molecule has 152 valence electrons. The average molecular weight is 413 g/mol. The van der Waals surface area contributed by atoms with Gasteiger partial charge in [-0.3, -0.25) is 0 Å². The highest BCUT2D eigenvalue weighted by Gasteiger charge is 2.35. The summed E-state index contributed by atoms with van der Waals surface area (Å²) < 4.78 is 0. The molecule has 0 atom stereocenters. The SMILES string of the molecule is O=C(Nc1ccc(Cl)cc1)N1CCC(N2CCN(Cc3ccccc3)C2=O)CC1. The second-order valence-corrected chi connectivity index (χ2v) is 7.97. The molecule has 2 saturated heterocycles. The van der Waals surface area contributed by atoms with Gasteiger partial charge in [0.25, 0.3) is 0 Å². The molecule has 2 aromatic rings. The van der Waals surface area contributed by atoms with Crippen LogP contribution in [0.15, 0.2) is 54.6 Å². The molecule has 0 radical (unpaired) electrons. The van der Waals surface area contributed by atoms with Gasteiger partial charge in [0, 0.05) is 49.5 Å². The number of carbonyl (C=O) groups excluding carboxylic acids is 2. The molecule has 0 bridgehead atoms. The third-order valence-electron chi connectivity index (χ3n) is 5.63. The fourth-order valence-corrected chi connectivity index (χ4v) is 4.13. The first-order valence-corrected chi connectivity index (χ1v) is 10.4. The van der Waals surface area contributed by atoms with E-state index >= 15 is 0 Å². The predicted octanol–water partition coefficient (Wildman–Crippen LogP) is 4.27. The van der Waals surface area contributed by atoms with Gasteiger partial charge in [0.05, 0.1) is 0 Å². The van der Waals surface area contributed by atoms with Crippen LogP contribution in [0.3, 0.4) is 0 Å². The Labute approximate surface area is 176 Å². The molecule has 4 amide bonds. The van der Waals surface area contributed by atoms with Crippen LogP contribution in [0.25, 0.3) is 0 Å². The van der Waals surface area contributed by atoms with Gasteiger partial charge in [0.2, 0.25) is 0 Å². The van der Waals surface area contributed by atoms with Crippen LogP contribution in [0, 0.1) is 0 Å². The van der Waals surface area contributed by atoms with Crippen LogP contribution >= 0.6 is 11.6 Å². The Bertz CT molecular complexity index is 851. The number of likely N-dealkylation sites (tertiary alicyclic amines) is 1. The second kappa shape index (κ2) is 8.74. The maximum Gasteiger partial charge on any atom is 0.321 e. The quantitative estimate of drug-likeness (QED) is 0.815. The number of piperidine rings is 1. The van der Waals surface area contributed by atoms with E-state index in [0.717, 1.165) is 37.2 Å². The summed E-state index contributed by atoms with van der Waals surface area (Å²) in [7, 11) is 0. The van der Waals surface area contributed by atoms with Crippen LogP contribution in [0.2, 0.25) is 5.02 Å². The lowest BCUT2D eigenvalue weighted by molar-refractivity contribution is 0.139. The van der Waals surface area contributed by atoms with Crippen LogP contribution in [-0.4, -0.2) is 59.0 Å². The summed E-state index contributed by atoms with van der Waals surface area (Å²) in [4.78, 5) is 31.0. The molecule has 0 saturated carbocycles. The zero-order valence-electron chi connectivity index (χ0n) is 16.3. The van der Waals surface area contributed by atoms with Crippen molar-refractivity contribution >= 4 is 29.4 Å². The minimum Gasteiger partial charge on any atom is -0.324 e. The van der Waals surface area contributed by atoms with Crippen molar-refractivity contribution in [2.75, 3.05) is 31.5 Å². The summed E-state index contributed by atoms with van der Waals surface area (Å²) in [6.45, 7) is 3.45. The summed E-state index contributed by atoms with van der Waals surface area (Å²) in [5, 5.41) is 3.55. The zero-order chi connectivity index (χ0) is 20.2. The van der Waals surface area contributed by atoms with E-state index in [1.807, 2.05) is 45.0 Å². The van der Waals surface area contributed by atoms with Gasteiger partial charge < -0.3 is 20.0 Å². The Morgan fingerprint density at radius 3 is 2.34 bits per heavy atom. The molecule has 1 N–H and O–H groups in total. The van der Waals surface area contributed by atoms with E-state index in [0.29, 0.717) is 24.7 Å². The Hall–Kier alpha value is -2.73. The number of halogens is 1. The molecule has 0 unspecified atom stereocenters.